The van der Waals surface area contributed by atoms with Crippen LogP contribution in [0.25, 0.3) is 0 Å². The van der Waals surface area contributed by atoms with Crippen molar-refractivity contribution in [3.05, 3.63) is 35.9 Å². The van der Waals surface area contributed by atoms with Crippen molar-refractivity contribution in [2.75, 3.05) is 6.54 Å². The molecule has 0 saturated heterocycles. The normalized spacial score (nSPS) is 14.0. The predicted octanol–water partition coefficient (Wildman–Crippen LogP) is 3.17. The third-order valence-electron chi connectivity index (χ3n) is 3.08. The fraction of sp³-hybridized carbons (Fsp3) is 0.538. The van der Waals surface area contributed by atoms with Crippen LogP contribution >= 0.6 is 0 Å². The van der Waals surface area contributed by atoms with Crippen molar-refractivity contribution in [2.24, 2.45) is 11.1 Å². The van der Waals surface area contributed by atoms with Gasteiger partial charge < -0.3 is 5.73 Å². The van der Waals surface area contributed by atoms with E-state index in [0.717, 1.165) is 13.0 Å². The third-order valence-corrected chi connectivity index (χ3v) is 3.08. The third kappa shape index (κ3) is 2.36. The molecule has 1 heteroatoms. The molecule has 0 aliphatic rings. The molecule has 0 aromatic heterocycles. The van der Waals surface area contributed by atoms with Crippen LogP contribution < -0.4 is 5.73 Å². The summed E-state index contributed by atoms with van der Waals surface area (Å²) in [4.78, 5) is 0. The Morgan fingerprint density at radius 2 is 1.79 bits per heavy atom. The molecule has 78 valence electrons. The Hall–Kier alpha value is -0.820. The van der Waals surface area contributed by atoms with Gasteiger partial charge in [0.25, 0.3) is 0 Å². The van der Waals surface area contributed by atoms with E-state index in [1.807, 2.05) is 0 Å². The average Bonchev–Trinajstić information content (AvgIpc) is 2.20. The summed E-state index contributed by atoms with van der Waals surface area (Å²) in [6, 6.07) is 10.7. The second-order valence-electron chi connectivity index (χ2n) is 4.56. The number of hydrogen-bond donors (Lipinski definition) is 1. The molecule has 0 bridgehead atoms. The summed E-state index contributed by atoms with van der Waals surface area (Å²) in [6.45, 7) is 7.46. The molecule has 0 aliphatic carbocycles. The second-order valence-corrected chi connectivity index (χ2v) is 4.56. The van der Waals surface area contributed by atoms with Gasteiger partial charge in [-0.3, -0.25) is 0 Å². The number of rotatable bonds is 4. The fourth-order valence-corrected chi connectivity index (χ4v) is 2.07. The van der Waals surface area contributed by atoms with E-state index < -0.39 is 0 Å². The van der Waals surface area contributed by atoms with Gasteiger partial charge in [0, 0.05) is 0 Å². The lowest BCUT2D eigenvalue weighted by Crippen LogP contribution is -2.30. The Labute approximate surface area is 87.3 Å². The van der Waals surface area contributed by atoms with Gasteiger partial charge in [-0.05, 0) is 29.9 Å². The van der Waals surface area contributed by atoms with E-state index in [9.17, 15) is 0 Å². The summed E-state index contributed by atoms with van der Waals surface area (Å²) in [7, 11) is 0. The smallest absolute Gasteiger partial charge is 0.00200 e. The zero-order valence-electron chi connectivity index (χ0n) is 9.46. The van der Waals surface area contributed by atoms with Crippen LogP contribution in [0, 0.1) is 5.41 Å². The van der Waals surface area contributed by atoms with Gasteiger partial charge in [-0.2, -0.15) is 0 Å². The molecule has 0 fully saturated rings. The van der Waals surface area contributed by atoms with Crippen LogP contribution in [0.5, 0.6) is 0 Å². The summed E-state index contributed by atoms with van der Waals surface area (Å²) in [5.41, 5.74) is 7.42. The minimum Gasteiger partial charge on any atom is -0.330 e. The molecule has 0 spiro atoms. The lowest BCUT2D eigenvalue weighted by Gasteiger charge is -2.33. The van der Waals surface area contributed by atoms with E-state index in [4.69, 9.17) is 5.73 Å². The molecule has 1 aromatic carbocycles. The molecule has 0 radical (unpaired) electrons. The van der Waals surface area contributed by atoms with E-state index in [-0.39, 0.29) is 5.41 Å². The van der Waals surface area contributed by atoms with E-state index >= 15 is 0 Å². The lowest BCUT2D eigenvalue weighted by atomic mass is 9.73. The summed E-state index contributed by atoms with van der Waals surface area (Å²) in [6.07, 6.45) is 1.15. The molecule has 2 N–H and O–H groups in total. The number of hydrogen-bond acceptors (Lipinski definition) is 1. The van der Waals surface area contributed by atoms with Crippen LogP contribution in [0.15, 0.2) is 30.3 Å². The summed E-state index contributed by atoms with van der Waals surface area (Å²) in [5, 5.41) is 0. The first kappa shape index (κ1) is 11.3. The fourth-order valence-electron chi connectivity index (χ4n) is 2.07. The molecule has 1 nitrogen and oxygen atoms in total. The summed E-state index contributed by atoms with van der Waals surface area (Å²) in [5.74, 6) is 0.564. The second kappa shape index (κ2) is 4.61. The van der Waals surface area contributed by atoms with E-state index in [1.54, 1.807) is 0 Å². The largest absolute Gasteiger partial charge is 0.330 e. The Balaban J connectivity index is 2.93. The van der Waals surface area contributed by atoms with Gasteiger partial charge in [0.1, 0.15) is 0 Å². The van der Waals surface area contributed by atoms with Crippen LogP contribution in [-0.2, 0) is 0 Å². The average molecular weight is 191 g/mol. The van der Waals surface area contributed by atoms with Crippen molar-refractivity contribution < 1.29 is 0 Å². The maximum Gasteiger partial charge on any atom is -0.00200 e. The molecular formula is C13H21N. The standard InChI is InChI=1S/C13H21N/c1-4-12(13(2,3)10-14)11-8-6-5-7-9-11/h5-9,12H,4,10,14H2,1-3H3. The highest BCUT2D eigenvalue weighted by Crippen LogP contribution is 2.36. The number of nitrogens with two attached hydrogens (primary N) is 1. The first-order chi connectivity index (χ1) is 6.61. The molecular weight excluding hydrogens is 170 g/mol. The topological polar surface area (TPSA) is 26.0 Å². The van der Waals surface area contributed by atoms with E-state index in [0.29, 0.717) is 5.92 Å². The molecule has 0 saturated carbocycles. The first-order valence-electron chi connectivity index (χ1n) is 5.37. The molecule has 1 unspecified atom stereocenters. The first-order valence-corrected chi connectivity index (χ1v) is 5.37. The minimum absolute atomic E-state index is 0.191. The van der Waals surface area contributed by atoms with Crippen LogP contribution in [0.3, 0.4) is 0 Å². The van der Waals surface area contributed by atoms with Gasteiger partial charge >= 0.3 is 0 Å². The SMILES string of the molecule is CCC(c1ccccc1)C(C)(C)CN. The zero-order chi connectivity index (χ0) is 10.6. The zero-order valence-corrected chi connectivity index (χ0v) is 9.46. The number of benzene rings is 1. The lowest BCUT2D eigenvalue weighted by molar-refractivity contribution is 0.288. The van der Waals surface area contributed by atoms with Crippen LogP contribution in [0.4, 0.5) is 0 Å². The molecule has 1 aromatic rings. The molecule has 1 atom stereocenters. The Morgan fingerprint density at radius 3 is 2.21 bits per heavy atom. The van der Waals surface area contributed by atoms with Gasteiger partial charge in [-0.25, -0.2) is 0 Å². The monoisotopic (exact) mass is 191 g/mol. The Kier molecular flexibility index (Phi) is 3.70. The highest BCUT2D eigenvalue weighted by molar-refractivity contribution is 5.21. The van der Waals surface area contributed by atoms with Crippen LogP contribution in [0.1, 0.15) is 38.7 Å². The summed E-state index contributed by atoms with van der Waals surface area (Å²) < 4.78 is 0. The molecule has 1 rings (SSSR count). The van der Waals surface area contributed by atoms with E-state index in [2.05, 4.69) is 51.1 Å². The molecule has 0 amide bonds. The summed E-state index contributed by atoms with van der Waals surface area (Å²) >= 11 is 0. The van der Waals surface area contributed by atoms with E-state index in [1.165, 1.54) is 5.56 Å². The Morgan fingerprint density at radius 1 is 1.21 bits per heavy atom. The van der Waals surface area contributed by atoms with Crippen molar-refractivity contribution >= 4 is 0 Å². The Bertz CT molecular complexity index is 264. The van der Waals surface area contributed by atoms with Crippen molar-refractivity contribution in [3.8, 4) is 0 Å². The highest BCUT2D eigenvalue weighted by Gasteiger charge is 2.27. The van der Waals surface area contributed by atoms with Crippen molar-refractivity contribution in [3.63, 3.8) is 0 Å². The minimum atomic E-state index is 0.191. The maximum atomic E-state index is 5.82. The molecule has 0 heterocycles. The van der Waals surface area contributed by atoms with Crippen molar-refractivity contribution in [1.82, 2.24) is 0 Å². The highest BCUT2D eigenvalue weighted by atomic mass is 14.6. The molecule has 0 aliphatic heterocycles. The van der Waals surface area contributed by atoms with Gasteiger partial charge in [0.15, 0.2) is 0 Å². The van der Waals surface area contributed by atoms with Crippen LogP contribution in [-0.4, -0.2) is 6.54 Å². The van der Waals surface area contributed by atoms with Gasteiger partial charge in [-0.15, -0.1) is 0 Å². The van der Waals surface area contributed by atoms with Crippen molar-refractivity contribution in [2.45, 2.75) is 33.1 Å². The van der Waals surface area contributed by atoms with Crippen molar-refractivity contribution in [1.29, 1.82) is 0 Å². The van der Waals surface area contributed by atoms with Crippen LogP contribution in [0.2, 0.25) is 0 Å². The predicted molar refractivity (Wildman–Crippen MR) is 62.3 cm³/mol. The van der Waals surface area contributed by atoms with Gasteiger partial charge in [0.2, 0.25) is 0 Å². The van der Waals surface area contributed by atoms with Gasteiger partial charge in [0.05, 0.1) is 0 Å². The van der Waals surface area contributed by atoms with Gasteiger partial charge in [-0.1, -0.05) is 51.1 Å². The molecule has 14 heavy (non-hydrogen) atoms. The maximum absolute atomic E-state index is 5.82. The quantitative estimate of drug-likeness (QED) is 0.777.